The molecule has 1 heterocycles. The van der Waals surface area contributed by atoms with Crippen LogP contribution in [0.1, 0.15) is 44.9 Å². The van der Waals surface area contributed by atoms with Crippen molar-refractivity contribution in [1.82, 2.24) is 4.90 Å². The van der Waals surface area contributed by atoms with Gasteiger partial charge in [-0.05, 0) is 51.6 Å². The third kappa shape index (κ3) is 3.11. The lowest BCUT2D eigenvalue weighted by Gasteiger charge is -2.37. The lowest BCUT2D eigenvalue weighted by molar-refractivity contribution is 0.0649. The van der Waals surface area contributed by atoms with E-state index in [2.05, 4.69) is 4.90 Å². The first-order valence-corrected chi connectivity index (χ1v) is 5.78. The van der Waals surface area contributed by atoms with Gasteiger partial charge < -0.3 is 10.0 Å². The summed E-state index contributed by atoms with van der Waals surface area (Å²) < 4.78 is 0. The SMILES string of the molecule is Cl.OC1CCC(N2CCCCC2)CC1. The van der Waals surface area contributed by atoms with Crippen molar-refractivity contribution in [3.8, 4) is 0 Å². The smallest absolute Gasteiger partial charge is 0.0541 e. The maximum absolute atomic E-state index is 9.41. The third-order valence-electron chi connectivity index (χ3n) is 3.57. The summed E-state index contributed by atoms with van der Waals surface area (Å²) in [6.07, 6.45) is 8.70. The number of rotatable bonds is 1. The van der Waals surface area contributed by atoms with Crippen LogP contribution < -0.4 is 0 Å². The monoisotopic (exact) mass is 219 g/mol. The second kappa shape index (κ2) is 5.94. The van der Waals surface area contributed by atoms with Crippen LogP contribution in [0.3, 0.4) is 0 Å². The van der Waals surface area contributed by atoms with Gasteiger partial charge in [0.25, 0.3) is 0 Å². The number of hydrogen-bond donors (Lipinski definition) is 1. The van der Waals surface area contributed by atoms with Crippen LogP contribution in [-0.2, 0) is 0 Å². The molecular formula is C11H22ClNO. The zero-order valence-corrected chi connectivity index (χ0v) is 9.64. The van der Waals surface area contributed by atoms with Gasteiger partial charge in [0, 0.05) is 6.04 Å². The van der Waals surface area contributed by atoms with Gasteiger partial charge in [-0.15, -0.1) is 12.4 Å². The zero-order chi connectivity index (χ0) is 9.10. The third-order valence-corrected chi connectivity index (χ3v) is 3.57. The average Bonchev–Trinajstić information content (AvgIpc) is 2.20. The molecule has 2 rings (SSSR count). The maximum Gasteiger partial charge on any atom is 0.0541 e. The first kappa shape index (κ1) is 12.3. The maximum atomic E-state index is 9.41. The number of halogens is 1. The highest BCUT2D eigenvalue weighted by Crippen LogP contribution is 2.25. The van der Waals surface area contributed by atoms with Crippen LogP contribution in [0.4, 0.5) is 0 Å². The van der Waals surface area contributed by atoms with Crippen molar-refractivity contribution < 1.29 is 5.11 Å². The standard InChI is InChI=1S/C11H21NO.ClH/c13-11-6-4-10(5-7-11)12-8-2-1-3-9-12;/h10-11,13H,1-9H2;1H. The summed E-state index contributed by atoms with van der Waals surface area (Å²) in [5.41, 5.74) is 0. The molecule has 2 nitrogen and oxygen atoms in total. The van der Waals surface area contributed by atoms with E-state index in [1.54, 1.807) is 0 Å². The molecule has 2 aliphatic rings. The van der Waals surface area contributed by atoms with E-state index in [9.17, 15) is 5.11 Å². The Morgan fingerprint density at radius 1 is 0.857 bits per heavy atom. The normalized spacial score (nSPS) is 34.9. The summed E-state index contributed by atoms with van der Waals surface area (Å²) >= 11 is 0. The summed E-state index contributed by atoms with van der Waals surface area (Å²) in [4.78, 5) is 2.65. The first-order chi connectivity index (χ1) is 6.36. The molecule has 0 aromatic heterocycles. The molecule has 1 saturated heterocycles. The number of piperidine rings is 1. The lowest BCUT2D eigenvalue weighted by Crippen LogP contribution is -2.41. The molecule has 0 bridgehead atoms. The molecule has 0 radical (unpaired) electrons. The van der Waals surface area contributed by atoms with E-state index < -0.39 is 0 Å². The molecule has 1 N–H and O–H groups in total. The molecule has 0 atom stereocenters. The quantitative estimate of drug-likeness (QED) is 0.731. The molecule has 2 fully saturated rings. The Hall–Kier alpha value is 0.210. The molecule has 84 valence electrons. The molecule has 0 aromatic rings. The summed E-state index contributed by atoms with van der Waals surface area (Å²) in [6, 6.07) is 0.795. The number of aliphatic hydroxyl groups is 1. The second-order valence-electron chi connectivity index (χ2n) is 4.56. The average molecular weight is 220 g/mol. The van der Waals surface area contributed by atoms with E-state index in [-0.39, 0.29) is 18.5 Å². The topological polar surface area (TPSA) is 23.5 Å². The fraction of sp³-hybridized carbons (Fsp3) is 1.00. The van der Waals surface area contributed by atoms with Gasteiger partial charge in [0.15, 0.2) is 0 Å². The highest BCUT2D eigenvalue weighted by Gasteiger charge is 2.25. The minimum Gasteiger partial charge on any atom is -0.393 e. The molecule has 1 saturated carbocycles. The highest BCUT2D eigenvalue weighted by molar-refractivity contribution is 5.85. The molecule has 1 aliphatic carbocycles. The van der Waals surface area contributed by atoms with Gasteiger partial charge in [0.2, 0.25) is 0 Å². The molecule has 14 heavy (non-hydrogen) atoms. The molecule has 3 heteroatoms. The summed E-state index contributed by atoms with van der Waals surface area (Å²) in [5, 5.41) is 9.41. The van der Waals surface area contributed by atoms with Gasteiger partial charge in [-0.1, -0.05) is 6.42 Å². The number of aliphatic hydroxyl groups excluding tert-OH is 1. The number of nitrogens with zero attached hydrogens (tertiary/aromatic N) is 1. The van der Waals surface area contributed by atoms with Crippen molar-refractivity contribution in [2.75, 3.05) is 13.1 Å². The summed E-state index contributed by atoms with van der Waals surface area (Å²) in [5.74, 6) is 0. The van der Waals surface area contributed by atoms with Crippen LogP contribution in [-0.4, -0.2) is 35.2 Å². The van der Waals surface area contributed by atoms with Gasteiger partial charge in [-0.25, -0.2) is 0 Å². The van der Waals surface area contributed by atoms with Crippen molar-refractivity contribution in [2.24, 2.45) is 0 Å². The van der Waals surface area contributed by atoms with Gasteiger partial charge in [-0.3, -0.25) is 0 Å². The van der Waals surface area contributed by atoms with Crippen molar-refractivity contribution >= 4 is 12.4 Å². The van der Waals surface area contributed by atoms with Crippen LogP contribution >= 0.6 is 12.4 Å². The zero-order valence-electron chi connectivity index (χ0n) is 8.82. The molecule has 1 aliphatic heterocycles. The van der Waals surface area contributed by atoms with E-state index in [4.69, 9.17) is 0 Å². The molecular weight excluding hydrogens is 198 g/mol. The number of likely N-dealkylation sites (tertiary alicyclic amines) is 1. The Kier molecular flexibility index (Phi) is 5.21. The fourth-order valence-corrected chi connectivity index (χ4v) is 2.71. The molecule has 0 spiro atoms. The minimum atomic E-state index is 0. The molecule has 0 unspecified atom stereocenters. The van der Waals surface area contributed by atoms with Crippen LogP contribution in [0, 0.1) is 0 Å². The fourth-order valence-electron chi connectivity index (χ4n) is 2.71. The van der Waals surface area contributed by atoms with Crippen molar-refractivity contribution in [2.45, 2.75) is 57.1 Å². The van der Waals surface area contributed by atoms with Crippen molar-refractivity contribution in [1.29, 1.82) is 0 Å². The van der Waals surface area contributed by atoms with Gasteiger partial charge in [-0.2, -0.15) is 0 Å². The predicted octanol–water partition coefficient (Wildman–Crippen LogP) is 2.20. The van der Waals surface area contributed by atoms with Gasteiger partial charge >= 0.3 is 0 Å². The van der Waals surface area contributed by atoms with Crippen LogP contribution in [0.15, 0.2) is 0 Å². The first-order valence-electron chi connectivity index (χ1n) is 5.78. The van der Waals surface area contributed by atoms with E-state index in [1.165, 1.54) is 45.2 Å². The van der Waals surface area contributed by atoms with Crippen molar-refractivity contribution in [3.05, 3.63) is 0 Å². The molecule has 0 aromatic carbocycles. The van der Waals surface area contributed by atoms with E-state index in [0.717, 1.165) is 18.9 Å². The Labute approximate surface area is 93.1 Å². The Bertz CT molecular complexity index is 151. The minimum absolute atomic E-state index is 0. The Balaban J connectivity index is 0.000000980. The van der Waals surface area contributed by atoms with Crippen molar-refractivity contribution in [3.63, 3.8) is 0 Å². The lowest BCUT2D eigenvalue weighted by atomic mass is 9.91. The van der Waals surface area contributed by atoms with E-state index in [1.807, 2.05) is 0 Å². The van der Waals surface area contributed by atoms with Gasteiger partial charge in [0.05, 0.1) is 6.10 Å². The summed E-state index contributed by atoms with van der Waals surface area (Å²) in [6.45, 7) is 2.61. The Morgan fingerprint density at radius 3 is 2.00 bits per heavy atom. The van der Waals surface area contributed by atoms with Gasteiger partial charge in [0.1, 0.15) is 0 Å². The largest absolute Gasteiger partial charge is 0.393 e. The number of hydrogen-bond acceptors (Lipinski definition) is 2. The Morgan fingerprint density at radius 2 is 1.43 bits per heavy atom. The second-order valence-corrected chi connectivity index (χ2v) is 4.56. The predicted molar refractivity (Wildman–Crippen MR) is 60.9 cm³/mol. The molecule has 0 amide bonds. The van der Waals surface area contributed by atoms with E-state index in [0.29, 0.717) is 0 Å². The van der Waals surface area contributed by atoms with Crippen LogP contribution in [0.25, 0.3) is 0 Å². The summed E-state index contributed by atoms with van der Waals surface area (Å²) in [7, 11) is 0. The highest BCUT2D eigenvalue weighted by atomic mass is 35.5. The van der Waals surface area contributed by atoms with Crippen LogP contribution in [0.5, 0.6) is 0 Å². The van der Waals surface area contributed by atoms with Crippen LogP contribution in [0.2, 0.25) is 0 Å². The van der Waals surface area contributed by atoms with E-state index >= 15 is 0 Å².